The van der Waals surface area contributed by atoms with Crippen molar-refractivity contribution in [3.8, 4) is 5.75 Å². The van der Waals surface area contributed by atoms with E-state index in [1.807, 2.05) is 30.3 Å². The number of rotatable bonds is 9. The number of carbonyl (C=O) groups is 1. The average molecular weight is 382 g/mol. The Labute approximate surface area is 165 Å². The Morgan fingerprint density at radius 3 is 2.61 bits per heavy atom. The number of anilines is 2. The summed E-state index contributed by atoms with van der Waals surface area (Å²) in [6, 6.07) is 12.1. The van der Waals surface area contributed by atoms with Crippen molar-refractivity contribution in [2.24, 2.45) is 5.92 Å². The van der Waals surface area contributed by atoms with Crippen LogP contribution in [0.5, 0.6) is 5.75 Å². The molecule has 2 aromatic carbocycles. The van der Waals surface area contributed by atoms with Crippen LogP contribution in [0.4, 0.5) is 15.8 Å². The minimum absolute atomic E-state index is 0.205. The number of hydrogen-bond donors (Lipinski definition) is 2. The second-order valence-electron chi connectivity index (χ2n) is 6.99. The Bertz CT molecular complexity index is 842. The summed E-state index contributed by atoms with van der Waals surface area (Å²) < 4.78 is 19.1. The zero-order valence-electron chi connectivity index (χ0n) is 16.4. The maximum absolute atomic E-state index is 13.3. The molecule has 4 nitrogen and oxygen atoms in total. The van der Waals surface area contributed by atoms with Crippen LogP contribution in [-0.4, -0.2) is 19.1 Å². The molecular formula is C23H27FN2O2. The van der Waals surface area contributed by atoms with Crippen molar-refractivity contribution in [3.63, 3.8) is 0 Å². The fraction of sp³-hybridized carbons (Fsp3) is 0.348. The minimum Gasteiger partial charge on any atom is -0.494 e. The first-order valence-corrected chi connectivity index (χ1v) is 9.88. The van der Waals surface area contributed by atoms with Crippen molar-refractivity contribution in [1.29, 1.82) is 0 Å². The van der Waals surface area contributed by atoms with Gasteiger partial charge in [-0.2, -0.15) is 0 Å². The van der Waals surface area contributed by atoms with Gasteiger partial charge >= 0.3 is 0 Å². The molecule has 0 spiro atoms. The van der Waals surface area contributed by atoms with Crippen LogP contribution in [0.15, 0.2) is 48.5 Å². The van der Waals surface area contributed by atoms with Gasteiger partial charge in [0.15, 0.2) is 0 Å². The highest BCUT2D eigenvalue weighted by Crippen LogP contribution is 2.32. The van der Waals surface area contributed by atoms with E-state index in [1.165, 1.54) is 25.0 Å². The molecule has 5 heteroatoms. The normalized spacial score (nSPS) is 14.3. The first-order valence-electron chi connectivity index (χ1n) is 9.88. The maximum atomic E-state index is 13.3. The highest BCUT2D eigenvalue weighted by atomic mass is 19.1. The average Bonchev–Trinajstić information content (AvgIpc) is 3.01. The molecule has 1 amide bonds. The van der Waals surface area contributed by atoms with E-state index in [9.17, 15) is 9.18 Å². The van der Waals surface area contributed by atoms with Gasteiger partial charge in [-0.25, -0.2) is 4.39 Å². The summed E-state index contributed by atoms with van der Waals surface area (Å²) in [6.45, 7) is 5.67. The smallest absolute Gasteiger partial charge is 0.256 e. The monoisotopic (exact) mass is 382 g/mol. The van der Waals surface area contributed by atoms with Gasteiger partial charge in [0.25, 0.3) is 5.91 Å². The highest BCUT2D eigenvalue weighted by Gasteiger charge is 2.23. The fourth-order valence-electron chi connectivity index (χ4n) is 3.35. The molecule has 0 bridgehead atoms. The van der Waals surface area contributed by atoms with Crippen LogP contribution < -0.4 is 15.4 Å². The Morgan fingerprint density at radius 2 is 1.89 bits per heavy atom. The lowest BCUT2D eigenvalue weighted by Crippen LogP contribution is -2.06. The predicted molar refractivity (Wildman–Crippen MR) is 112 cm³/mol. The predicted octanol–water partition coefficient (Wildman–Crippen LogP) is 5.48. The summed E-state index contributed by atoms with van der Waals surface area (Å²) in [5.41, 5.74) is 2.76. The van der Waals surface area contributed by atoms with Crippen LogP contribution in [0.25, 0.3) is 5.57 Å². The second-order valence-corrected chi connectivity index (χ2v) is 6.99. The summed E-state index contributed by atoms with van der Waals surface area (Å²) in [6.07, 6.45) is 5.28. The number of halogens is 1. The third kappa shape index (κ3) is 4.91. The van der Waals surface area contributed by atoms with Gasteiger partial charge in [0, 0.05) is 23.4 Å². The van der Waals surface area contributed by atoms with Crippen LogP contribution in [-0.2, 0) is 4.79 Å². The third-order valence-corrected chi connectivity index (χ3v) is 5.18. The van der Waals surface area contributed by atoms with Gasteiger partial charge < -0.3 is 15.4 Å². The van der Waals surface area contributed by atoms with Crippen LogP contribution in [0.2, 0.25) is 0 Å². The van der Waals surface area contributed by atoms with Crippen LogP contribution >= 0.6 is 0 Å². The van der Waals surface area contributed by atoms with Gasteiger partial charge in [0.2, 0.25) is 0 Å². The molecule has 148 valence electrons. The van der Waals surface area contributed by atoms with Gasteiger partial charge in [-0.3, -0.25) is 4.79 Å². The molecule has 28 heavy (non-hydrogen) atoms. The summed E-state index contributed by atoms with van der Waals surface area (Å²) >= 11 is 0. The molecule has 1 aliphatic rings. The molecule has 1 aliphatic heterocycles. The number of fused-ring (bicyclic) bond motifs is 1. The van der Waals surface area contributed by atoms with Crippen molar-refractivity contribution in [3.05, 3.63) is 59.9 Å². The summed E-state index contributed by atoms with van der Waals surface area (Å²) in [5.74, 6) is 1.02. The van der Waals surface area contributed by atoms with Gasteiger partial charge in [-0.15, -0.1) is 0 Å². The van der Waals surface area contributed by atoms with Gasteiger partial charge in [0.1, 0.15) is 11.6 Å². The zero-order valence-corrected chi connectivity index (χ0v) is 16.4. The molecule has 1 heterocycles. The van der Waals surface area contributed by atoms with Crippen molar-refractivity contribution >= 4 is 22.9 Å². The number of carbonyl (C=O) groups excluding carboxylic acids is 1. The number of ether oxygens (including phenoxy) is 1. The minimum atomic E-state index is -0.361. The van der Waals surface area contributed by atoms with E-state index < -0.39 is 0 Å². The first-order chi connectivity index (χ1) is 13.6. The summed E-state index contributed by atoms with van der Waals surface area (Å²) in [5, 5.41) is 5.96. The van der Waals surface area contributed by atoms with Gasteiger partial charge in [0.05, 0.1) is 12.3 Å². The van der Waals surface area contributed by atoms with Crippen LogP contribution in [0.1, 0.15) is 38.7 Å². The molecule has 0 aliphatic carbocycles. The van der Waals surface area contributed by atoms with E-state index in [0.29, 0.717) is 17.8 Å². The lowest BCUT2D eigenvalue weighted by Gasteiger charge is -2.13. The van der Waals surface area contributed by atoms with E-state index >= 15 is 0 Å². The molecule has 0 fully saturated rings. The van der Waals surface area contributed by atoms with E-state index in [-0.39, 0.29) is 11.7 Å². The second kappa shape index (κ2) is 9.40. The zero-order chi connectivity index (χ0) is 19.9. The fourth-order valence-corrected chi connectivity index (χ4v) is 3.35. The molecule has 0 aromatic heterocycles. The third-order valence-electron chi connectivity index (χ3n) is 5.18. The van der Waals surface area contributed by atoms with E-state index in [0.717, 1.165) is 35.9 Å². The van der Waals surface area contributed by atoms with Gasteiger partial charge in [-0.1, -0.05) is 32.8 Å². The SMILES string of the molecule is CCC(CC)CCOc1ccc(NC/C=C2\C(=O)Nc3cc(F)ccc32)cc1. The lowest BCUT2D eigenvalue weighted by molar-refractivity contribution is -0.110. The van der Waals surface area contributed by atoms with Gasteiger partial charge in [-0.05, 0) is 54.8 Å². The molecule has 3 rings (SSSR count). The molecule has 0 saturated heterocycles. The highest BCUT2D eigenvalue weighted by molar-refractivity contribution is 6.31. The quantitative estimate of drug-likeness (QED) is 0.565. The molecule has 0 saturated carbocycles. The molecule has 2 N–H and O–H groups in total. The molecule has 0 atom stereocenters. The first kappa shape index (κ1) is 19.9. The molecule has 0 unspecified atom stereocenters. The van der Waals surface area contributed by atoms with Crippen molar-refractivity contribution in [2.45, 2.75) is 33.1 Å². The molecular weight excluding hydrogens is 355 g/mol. The largest absolute Gasteiger partial charge is 0.494 e. The lowest BCUT2D eigenvalue weighted by atomic mass is 10.0. The number of nitrogens with one attached hydrogen (secondary N) is 2. The standard InChI is InChI=1S/C23H27FN2O2/c1-3-16(4-2)12-14-28-19-8-6-18(7-9-19)25-13-11-21-20-10-5-17(24)15-22(20)26-23(21)27/h5-11,15-16,25H,3-4,12-14H2,1-2H3,(H,26,27)/b21-11-. The molecule has 2 aromatic rings. The van der Waals surface area contributed by atoms with E-state index in [4.69, 9.17) is 4.74 Å². The van der Waals surface area contributed by atoms with E-state index in [1.54, 1.807) is 6.07 Å². The summed E-state index contributed by atoms with van der Waals surface area (Å²) in [4.78, 5) is 12.1. The maximum Gasteiger partial charge on any atom is 0.256 e. The summed E-state index contributed by atoms with van der Waals surface area (Å²) in [7, 11) is 0. The van der Waals surface area contributed by atoms with Crippen LogP contribution in [0, 0.1) is 11.7 Å². The Morgan fingerprint density at radius 1 is 1.14 bits per heavy atom. The Balaban J connectivity index is 1.52. The van der Waals surface area contributed by atoms with Crippen molar-refractivity contribution < 1.29 is 13.9 Å². The number of benzene rings is 2. The molecule has 0 radical (unpaired) electrons. The Hall–Kier alpha value is -2.82. The number of amides is 1. The topological polar surface area (TPSA) is 50.4 Å². The van der Waals surface area contributed by atoms with E-state index in [2.05, 4.69) is 24.5 Å². The van der Waals surface area contributed by atoms with Crippen molar-refractivity contribution in [1.82, 2.24) is 0 Å². The number of hydrogen-bond acceptors (Lipinski definition) is 3. The van der Waals surface area contributed by atoms with Crippen LogP contribution in [0.3, 0.4) is 0 Å². The Kier molecular flexibility index (Phi) is 6.69. The van der Waals surface area contributed by atoms with Crippen molar-refractivity contribution in [2.75, 3.05) is 23.8 Å².